The first-order valence-corrected chi connectivity index (χ1v) is 11.2. The van der Waals surface area contributed by atoms with Crippen molar-refractivity contribution in [2.24, 2.45) is 5.92 Å². The summed E-state index contributed by atoms with van der Waals surface area (Å²) in [4.78, 5) is 4.34. The number of benzene rings is 1. The third kappa shape index (κ3) is 5.65. The van der Waals surface area contributed by atoms with Crippen molar-refractivity contribution in [3.63, 3.8) is 0 Å². The van der Waals surface area contributed by atoms with Gasteiger partial charge in [0.1, 0.15) is 5.82 Å². The zero-order valence-electron chi connectivity index (χ0n) is 17.9. The van der Waals surface area contributed by atoms with Gasteiger partial charge in [-0.2, -0.15) is 0 Å². The Bertz CT molecular complexity index is 941. The van der Waals surface area contributed by atoms with Crippen LogP contribution in [0.1, 0.15) is 76.0 Å². The molecule has 2 fully saturated rings. The van der Waals surface area contributed by atoms with Gasteiger partial charge in [0.05, 0.1) is 18.0 Å². The molecule has 3 aromatic rings. The van der Waals surface area contributed by atoms with E-state index < -0.39 is 17.5 Å². The largest absolute Gasteiger partial charge is 0.303 e. The minimum Gasteiger partial charge on any atom is -0.303 e. The SMILES string of the molecule is CC.Fc1ccc(F)c(F)c1.c1cc2cncn2c(CC2CCCCC2)c1C1CC1. The number of pyridine rings is 1. The Kier molecular flexibility index (Phi) is 7.94. The smallest absolute Gasteiger partial charge is 0.161 e. The van der Waals surface area contributed by atoms with E-state index in [9.17, 15) is 13.2 Å². The summed E-state index contributed by atoms with van der Waals surface area (Å²) in [6, 6.07) is 6.70. The molecule has 2 aliphatic carbocycles. The highest BCUT2D eigenvalue weighted by atomic mass is 19.2. The lowest BCUT2D eigenvalue weighted by Gasteiger charge is -2.23. The minimum absolute atomic E-state index is 0.495. The van der Waals surface area contributed by atoms with Gasteiger partial charge < -0.3 is 4.40 Å². The number of halogens is 3. The van der Waals surface area contributed by atoms with E-state index in [1.807, 2.05) is 26.4 Å². The lowest BCUT2D eigenvalue weighted by atomic mass is 9.85. The standard InChI is InChI=1S/C17H22N2.C6H3F3.C2H6/c1-2-4-13(5-3-1)10-17-16(14-6-7-14)9-8-15-11-18-12-19(15)17;7-4-1-2-5(8)6(9)3-4;1-2/h8-9,11-14H,1-7,10H2;1-3H;1-2H3. The molecule has 162 valence electrons. The van der Waals surface area contributed by atoms with Crippen molar-refractivity contribution in [1.82, 2.24) is 9.38 Å². The van der Waals surface area contributed by atoms with Crippen LogP contribution >= 0.6 is 0 Å². The first-order chi connectivity index (χ1) is 14.6. The first kappa shape index (κ1) is 22.4. The molecule has 5 rings (SSSR count). The number of fused-ring (bicyclic) bond motifs is 1. The van der Waals surface area contributed by atoms with Crippen molar-refractivity contribution in [3.8, 4) is 0 Å². The fourth-order valence-corrected chi connectivity index (χ4v) is 4.18. The number of hydrogen-bond acceptors (Lipinski definition) is 1. The lowest BCUT2D eigenvalue weighted by Crippen LogP contribution is -2.13. The van der Waals surface area contributed by atoms with Crippen LogP contribution in [-0.4, -0.2) is 9.38 Å². The van der Waals surface area contributed by atoms with E-state index in [1.54, 1.807) is 11.3 Å². The fraction of sp³-hybridized carbons (Fsp3) is 0.480. The molecule has 2 heterocycles. The van der Waals surface area contributed by atoms with Gasteiger partial charge in [0.15, 0.2) is 11.6 Å². The van der Waals surface area contributed by atoms with E-state index in [0.29, 0.717) is 6.07 Å². The number of rotatable bonds is 3. The van der Waals surface area contributed by atoms with Gasteiger partial charge in [-0.05, 0) is 54.9 Å². The summed E-state index contributed by atoms with van der Waals surface area (Å²) < 4.78 is 38.2. The molecule has 0 aliphatic heterocycles. The van der Waals surface area contributed by atoms with Crippen LogP contribution in [0.15, 0.2) is 42.9 Å². The Balaban J connectivity index is 0.000000197. The van der Waals surface area contributed by atoms with Gasteiger partial charge in [-0.15, -0.1) is 0 Å². The van der Waals surface area contributed by atoms with Crippen LogP contribution in [-0.2, 0) is 6.42 Å². The molecule has 2 aromatic heterocycles. The van der Waals surface area contributed by atoms with Crippen molar-refractivity contribution < 1.29 is 13.2 Å². The second-order valence-electron chi connectivity index (χ2n) is 7.96. The Morgan fingerprint density at radius 1 is 0.900 bits per heavy atom. The van der Waals surface area contributed by atoms with Gasteiger partial charge in [0, 0.05) is 11.8 Å². The van der Waals surface area contributed by atoms with Gasteiger partial charge in [-0.25, -0.2) is 18.2 Å². The molecule has 0 bridgehead atoms. The second kappa shape index (κ2) is 10.6. The van der Waals surface area contributed by atoms with E-state index in [-0.39, 0.29) is 0 Å². The number of nitrogens with zero attached hydrogens (tertiary/aromatic N) is 2. The molecular formula is C25H31F3N2. The summed E-state index contributed by atoms with van der Waals surface area (Å²) in [6.07, 6.45) is 15.2. The average Bonchev–Trinajstić information content (AvgIpc) is 3.50. The molecule has 0 unspecified atom stereocenters. The first-order valence-electron chi connectivity index (χ1n) is 11.2. The van der Waals surface area contributed by atoms with Crippen molar-refractivity contribution >= 4 is 5.52 Å². The predicted molar refractivity (Wildman–Crippen MR) is 115 cm³/mol. The van der Waals surface area contributed by atoms with Gasteiger partial charge in [-0.1, -0.05) is 52.0 Å². The van der Waals surface area contributed by atoms with Crippen LogP contribution < -0.4 is 0 Å². The molecule has 30 heavy (non-hydrogen) atoms. The summed E-state index contributed by atoms with van der Waals surface area (Å²) in [7, 11) is 0. The predicted octanol–water partition coefficient (Wildman–Crippen LogP) is 7.46. The third-order valence-electron chi connectivity index (χ3n) is 5.83. The quantitative estimate of drug-likeness (QED) is 0.405. The van der Waals surface area contributed by atoms with E-state index in [2.05, 4.69) is 21.5 Å². The maximum Gasteiger partial charge on any atom is 0.161 e. The summed E-state index contributed by atoms with van der Waals surface area (Å²) in [5, 5.41) is 0. The van der Waals surface area contributed by atoms with Crippen LogP contribution in [0, 0.1) is 23.4 Å². The highest BCUT2D eigenvalue weighted by molar-refractivity contribution is 5.49. The monoisotopic (exact) mass is 416 g/mol. The molecule has 2 aliphatic rings. The van der Waals surface area contributed by atoms with E-state index in [0.717, 1.165) is 24.0 Å². The maximum atomic E-state index is 12.0. The van der Waals surface area contributed by atoms with Crippen LogP contribution in [0.4, 0.5) is 13.2 Å². The van der Waals surface area contributed by atoms with Crippen molar-refractivity contribution in [2.45, 2.75) is 71.1 Å². The molecule has 5 heteroatoms. The van der Waals surface area contributed by atoms with E-state index >= 15 is 0 Å². The fourth-order valence-electron chi connectivity index (χ4n) is 4.18. The third-order valence-corrected chi connectivity index (χ3v) is 5.83. The molecule has 2 nitrogen and oxygen atoms in total. The molecule has 0 N–H and O–H groups in total. The topological polar surface area (TPSA) is 17.3 Å². The highest BCUT2D eigenvalue weighted by Crippen LogP contribution is 2.43. The summed E-state index contributed by atoms with van der Waals surface area (Å²) in [6.45, 7) is 4.00. The summed E-state index contributed by atoms with van der Waals surface area (Å²) in [5.74, 6) is -1.22. The van der Waals surface area contributed by atoms with Crippen molar-refractivity contribution in [3.05, 3.63) is 71.6 Å². The van der Waals surface area contributed by atoms with Crippen LogP contribution in [0.2, 0.25) is 0 Å². The normalized spacial score (nSPS) is 16.4. The highest BCUT2D eigenvalue weighted by Gasteiger charge is 2.28. The number of hydrogen-bond donors (Lipinski definition) is 0. The molecule has 0 spiro atoms. The molecule has 0 radical (unpaired) electrons. The zero-order chi connectivity index (χ0) is 21.5. The molecule has 2 saturated carbocycles. The van der Waals surface area contributed by atoms with Crippen LogP contribution in [0.5, 0.6) is 0 Å². The molecule has 0 saturated heterocycles. The van der Waals surface area contributed by atoms with E-state index in [1.165, 1.54) is 56.9 Å². The average molecular weight is 417 g/mol. The minimum atomic E-state index is -1.16. The van der Waals surface area contributed by atoms with Crippen LogP contribution in [0.25, 0.3) is 5.52 Å². The van der Waals surface area contributed by atoms with Gasteiger partial charge in [0.2, 0.25) is 0 Å². The second-order valence-corrected chi connectivity index (χ2v) is 7.96. The lowest BCUT2D eigenvalue weighted by molar-refractivity contribution is 0.352. The zero-order valence-corrected chi connectivity index (χ0v) is 17.9. The Morgan fingerprint density at radius 2 is 1.63 bits per heavy atom. The molecule has 1 aromatic carbocycles. The van der Waals surface area contributed by atoms with Crippen molar-refractivity contribution in [1.29, 1.82) is 0 Å². The van der Waals surface area contributed by atoms with E-state index in [4.69, 9.17) is 0 Å². The number of imidazole rings is 1. The number of aromatic nitrogens is 2. The van der Waals surface area contributed by atoms with Crippen molar-refractivity contribution in [2.75, 3.05) is 0 Å². The summed E-state index contributed by atoms with van der Waals surface area (Å²) >= 11 is 0. The van der Waals surface area contributed by atoms with Crippen LogP contribution in [0.3, 0.4) is 0 Å². The molecular weight excluding hydrogens is 385 g/mol. The molecule has 0 atom stereocenters. The molecule has 0 amide bonds. The Labute approximate surface area is 177 Å². The van der Waals surface area contributed by atoms with Gasteiger partial charge >= 0.3 is 0 Å². The maximum absolute atomic E-state index is 12.0. The van der Waals surface area contributed by atoms with Gasteiger partial charge in [-0.3, -0.25) is 0 Å². The Hall–Kier alpha value is -2.30. The van der Waals surface area contributed by atoms with Gasteiger partial charge in [0.25, 0.3) is 0 Å². The Morgan fingerprint density at radius 3 is 2.27 bits per heavy atom. The summed E-state index contributed by atoms with van der Waals surface area (Å²) in [5.41, 5.74) is 4.43.